The third-order valence-electron chi connectivity index (χ3n) is 5.41. The number of nitrogens with one attached hydrogen (secondary N) is 3. The van der Waals surface area contributed by atoms with Crippen molar-refractivity contribution in [3.05, 3.63) is 18.2 Å². The fourth-order valence-electron chi connectivity index (χ4n) is 3.81. The lowest BCUT2D eigenvalue weighted by atomic mass is 9.88. The van der Waals surface area contributed by atoms with E-state index in [1.807, 2.05) is 6.07 Å². The molecule has 0 radical (unpaired) electrons. The molecule has 6 nitrogen and oxygen atoms in total. The molecule has 0 unspecified atom stereocenters. The van der Waals surface area contributed by atoms with Crippen molar-refractivity contribution < 1.29 is 14.3 Å². The summed E-state index contributed by atoms with van der Waals surface area (Å²) in [5.74, 6) is 0.806. The van der Waals surface area contributed by atoms with Gasteiger partial charge in [0.25, 0.3) is 0 Å². The molecule has 0 bridgehead atoms. The molecular formula is C20H30ClN3O3. The molecular weight excluding hydrogens is 366 g/mol. The van der Waals surface area contributed by atoms with E-state index in [0.717, 1.165) is 51.6 Å². The quantitative estimate of drug-likeness (QED) is 0.712. The molecule has 1 heterocycles. The number of ether oxygens (including phenoxy) is 1. The van der Waals surface area contributed by atoms with E-state index < -0.39 is 0 Å². The lowest BCUT2D eigenvalue weighted by Gasteiger charge is -2.23. The van der Waals surface area contributed by atoms with E-state index in [9.17, 15) is 9.59 Å². The number of rotatable bonds is 5. The second-order valence-electron chi connectivity index (χ2n) is 7.25. The van der Waals surface area contributed by atoms with Gasteiger partial charge in [-0.15, -0.1) is 12.4 Å². The zero-order chi connectivity index (χ0) is 18.4. The van der Waals surface area contributed by atoms with Crippen LogP contribution in [0.2, 0.25) is 0 Å². The van der Waals surface area contributed by atoms with E-state index in [1.165, 1.54) is 6.42 Å². The number of benzene rings is 1. The van der Waals surface area contributed by atoms with Gasteiger partial charge < -0.3 is 20.7 Å². The van der Waals surface area contributed by atoms with Gasteiger partial charge in [0.15, 0.2) is 0 Å². The van der Waals surface area contributed by atoms with Crippen molar-refractivity contribution in [1.82, 2.24) is 5.32 Å². The second-order valence-corrected chi connectivity index (χ2v) is 7.25. The highest BCUT2D eigenvalue weighted by Gasteiger charge is 2.23. The Morgan fingerprint density at radius 3 is 2.26 bits per heavy atom. The van der Waals surface area contributed by atoms with Gasteiger partial charge in [0.2, 0.25) is 11.8 Å². The zero-order valence-electron chi connectivity index (χ0n) is 15.9. The van der Waals surface area contributed by atoms with Crippen LogP contribution in [0.1, 0.15) is 44.9 Å². The number of carbonyl (C=O) groups is 2. The number of hydrogen-bond donors (Lipinski definition) is 3. The van der Waals surface area contributed by atoms with Crippen LogP contribution in [0.5, 0.6) is 5.75 Å². The van der Waals surface area contributed by atoms with Crippen molar-refractivity contribution >= 4 is 35.6 Å². The van der Waals surface area contributed by atoms with Crippen molar-refractivity contribution in [2.24, 2.45) is 11.8 Å². The molecule has 1 saturated carbocycles. The molecule has 2 fully saturated rings. The van der Waals surface area contributed by atoms with Crippen LogP contribution in [0.4, 0.5) is 11.4 Å². The average molecular weight is 396 g/mol. The summed E-state index contributed by atoms with van der Waals surface area (Å²) in [4.78, 5) is 25.0. The molecule has 150 valence electrons. The van der Waals surface area contributed by atoms with Gasteiger partial charge >= 0.3 is 0 Å². The van der Waals surface area contributed by atoms with E-state index in [2.05, 4.69) is 16.0 Å². The van der Waals surface area contributed by atoms with Gasteiger partial charge in [-0.3, -0.25) is 9.59 Å². The monoisotopic (exact) mass is 395 g/mol. The van der Waals surface area contributed by atoms with Gasteiger partial charge in [-0.05, 0) is 57.0 Å². The molecule has 3 rings (SSSR count). The Kier molecular flexibility index (Phi) is 8.38. The number of halogens is 1. The smallest absolute Gasteiger partial charge is 0.227 e. The van der Waals surface area contributed by atoms with Crippen LogP contribution in [0.3, 0.4) is 0 Å². The Morgan fingerprint density at radius 1 is 0.963 bits per heavy atom. The van der Waals surface area contributed by atoms with E-state index in [4.69, 9.17) is 4.74 Å². The Balaban J connectivity index is 0.00000261. The van der Waals surface area contributed by atoms with Gasteiger partial charge in [-0.25, -0.2) is 0 Å². The van der Waals surface area contributed by atoms with Crippen molar-refractivity contribution in [2.75, 3.05) is 30.8 Å². The first kappa shape index (κ1) is 21.5. The minimum absolute atomic E-state index is 0. The number of carbonyl (C=O) groups excluding carboxylic acids is 2. The predicted molar refractivity (Wildman–Crippen MR) is 110 cm³/mol. The van der Waals surface area contributed by atoms with Crippen LogP contribution < -0.4 is 20.7 Å². The summed E-state index contributed by atoms with van der Waals surface area (Å²) in [6.07, 6.45) is 7.04. The molecule has 0 aromatic heterocycles. The molecule has 0 atom stereocenters. The number of amides is 2. The third-order valence-corrected chi connectivity index (χ3v) is 5.41. The maximum atomic E-state index is 12.6. The van der Waals surface area contributed by atoms with Crippen molar-refractivity contribution in [3.63, 3.8) is 0 Å². The molecule has 1 saturated heterocycles. The van der Waals surface area contributed by atoms with Gasteiger partial charge in [0.1, 0.15) is 5.75 Å². The Hall–Kier alpha value is -1.79. The van der Waals surface area contributed by atoms with Crippen LogP contribution in [-0.2, 0) is 9.59 Å². The molecule has 27 heavy (non-hydrogen) atoms. The number of hydrogen-bond acceptors (Lipinski definition) is 4. The normalized spacial score (nSPS) is 18.3. The van der Waals surface area contributed by atoms with Crippen LogP contribution in [-0.4, -0.2) is 32.0 Å². The number of methoxy groups -OCH3 is 1. The Labute approximate surface area is 167 Å². The number of anilines is 2. The summed E-state index contributed by atoms with van der Waals surface area (Å²) in [6.45, 7) is 1.76. The zero-order valence-corrected chi connectivity index (χ0v) is 16.7. The molecule has 7 heteroatoms. The Bertz CT molecular complexity index is 641. The predicted octanol–water partition coefficient (Wildman–Crippen LogP) is 3.57. The SMILES string of the molecule is COc1ccc(NC(=O)C2CCNCC2)cc1NC(=O)C1CCCCC1.Cl. The van der Waals surface area contributed by atoms with Crippen LogP contribution >= 0.6 is 12.4 Å². The lowest BCUT2D eigenvalue weighted by Crippen LogP contribution is -2.34. The molecule has 1 aliphatic heterocycles. The van der Waals surface area contributed by atoms with Crippen molar-refractivity contribution in [2.45, 2.75) is 44.9 Å². The van der Waals surface area contributed by atoms with Crippen LogP contribution in [0.15, 0.2) is 18.2 Å². The lowest BCUT2D eigenvalue weighted by molar-refractivity contribution is -0.121. The first-order chi connectivity index (χ1) is 12.7. The standard InChI is InChI=1S/C20H29N3O3.ClH/c1-26-18-8-7-16(22-19(24)15-9-11-21-12-10-15)13-17(18)23-20(25)14-5-3-2-4-6-14;/h7-8,13-15,21H,2-6,9-12H2,1H3,(H,22,24)(H,23,25);1H. The minimum Gasteiger partial charge on any atom is -0.495 e. The number of piperidine rings is 1. The van der Waals surface area contributed by atoms with E-state index in [1.54, 1.807) is 19.2 Å². The van der Waals surface area contributed by atoms with Gasteiger partial charge in [0, 0.05) is 17.5 Å². The summed E-state index contributed by atoms with van der Waals surface area (Å²) in [6, 6.07) is 5.39. The summed E-state index contributed by atoms with van der Waals surface area (Å²) in [7, 11) is 1.58. The highest BCUT2D eigenvalue weighted by atomic mass is 35.5. The van der Waals surface area contributed by atoms with Crippen molar-refractivity contribution in [3.8, 4) is 5.75 Å². The molecule has 2 aliphatic rings. The largest absolute Gasteiger partial charge is 0.495 e. The minimum atomic E-state index is 0. The maximum absolute atomic E-state index is 12.6. The molecule has 1 aromatic carbocycles. The van der Waals surface area contributed by atoms with E-state index >= 15 is 0 Å². The summed E-state index contributed by atoms with van der Waals surface area (Å²) in [5.41, 5.74) is 1.31. The summed E-state index contributed by atoms with van der Waals surface area (Å²) in [5, 5.41) is 9.25. The maximum Gasteiger partial charge on any atom is 0.227 e. The highest BCUT2D eigenvalue weighted by molar-refractivity contribution is 5.97. The van der Waals surface area contributed by atoms with E-state index in [0.29, 0.717) is 17.1 Å². The first-order valence-corrected chi connectivity index (χ1v) is 9.68. The van der Waals surface area contributed by atoms with Crippen LogP contribution in [0, 0.1) is 11.8 Å². The average Bonchev–Trinajstić information content (AvgIpc) is 2.69. The van der Waals surface area contributed by atoms with Crippen molar-refractivity contribution in [1.29, 1.82) is 0 Å². The molecule has 2 amide bonds. The molecule has 1 aliphatic carbocycles. The molecule has 0 spiro atoms. The summed E-state index contributed by atoms with van der Waals surface area (Å²) < 4.78 is 5.37. The fourth-order valence-corrected chi connectivity index (χ4v) is 3.81. The molecule has 1 aromatic rings. The fraction of sp³-hybridized carbons (Fsp3) is 0.600. The topological polar surface area (TPSA) is 79.5 Å². The molecule has 3 N–H and O–H groups in total. The van der Waals surface area contributed by atoms with E-state index in [-0.39, 0.29) is 36.1 Å². The highest BCUT2D eigenvalue weighted by Crippen LogP contribution is 2.31. The first-order valence-electron chi connectivity index (χ1n) is 9.68. The van der Waals surface area contributed by atoms with Crippen LogP contribution in [0.25, 0.3) is 0 Å². The summed E-state index contributed by atoms with van der Waals surface area (Å²) >= 11 is 0. The van der Waals surface area contributed by atoms with Gasteiger partial charge in [0.05, 0.1) is 12.8 Å². The second kappa shape index (κ2) is 10.5. The third kappa shape index (κ3) is 5.84. The Morgan fingerprint density at radius 2 is 1.59 bits per heavy atom. The van der Waals surface area contributed by atoms with Gasteiger partial charge in [-0.1, -0.05) is 19.3 Å². The van der Waals surface area contributed by atoms with Gasteiger partial charge in [-0.2, -0.15) is 0 Å².